The van der Waals surface area contributed by atoms with Gasteiger partial charge in [-0.05, 0) is 48.8 Å². The molecule has 0 aliphatic carbocycles. The molecule has 142 valence electrons. The van der Waals surface area contributed by atoms with Crippen LogP contribution in [0.3, 0.4) is 0 Å². The Morgan fingerprint density at radius 2 is 1.69 bits per heavy atom. The highest BCUT2D eigenvalue weighted by Crippen LogP contribution is 2.26. The summed E-state index contributed by atoms with van der Waals surface area (Å²) in [5.74, 6) is -0.0992. The van der Waals surface area contributed by atoms with Gasteiger partial charge in [-0.1, -0.05) is 32.9 Å². The van der Waals surface area contributed by atoms with Gasteiger partial charge in [0.05, 0.1) is 0 Å². The zero-order valence-electron chi connectivity index (χ0n) is 16.1. The summed E-state index contributed by atoms with van der Waals surface area (Å²) in [6.45, 7) is 6.81. The highest BCUT2D eigenvalue weighted by molar-refractivity contribution is 5.94. The molecule has 26 heavy (non-hydrogen) atoms. The molecule has 5 nitrogen and oxygen atoms in total. The fourth-order valence-electron chi connectivity index (χ4n) is 3.99. The van der Waals surface area contributed by atoms with Crippen molar-refractivity contribution in [1.82, 2.24) is 16.0 Å². The van der Waals surface area contributed by atoms with E-state index in [4.69, 9.17) is 0 Å². The normalized spacial score (nSPS) is 25.0. The molecule has 3 rings (SSSR count). The van der Waals surface area contributed by atoms with Crippen LogP contribution in [0.15, 0.2) is 24.3 Å². The van der Waals surface area contributed by atoms with Crippen LogP contribution >= 0.6 is 0 Å². The highest BCUT2D eigenvalue weighted by atomic mass is 16.2. The van der Waals surface area contributed by atoms with Gasteiger partial charge in [0.15, 0.2) is 0 Å². The molecule has 1 aromatic carbocycles. The lowest BCUT2D eigenvalue weighted by atomic mass is 9.87. The number of benzene rings is 1. The van der Waals surface area contributed by atoms with Crippen LogP contribution in [0.1, 0.15) is 68.8 Å². The maximum atomic E-state index is 12.2. The third-order valence-corrected chi connectivity index (χ3v) is 5.49. The topological polar surface area (TPSA) is 70.2 Å². The summed E-state index contributed by atoms with van der Waals surface area (Å²) in [5.41, 5.74) is 1.90. The molecule has 2 heterocycles. The highest BCUT2D eigenvalue weighted by Gasteiger charge is 2.33. The maximum Gasteiger partial charge on any atom is 0.251 e. The SMILES string of the molecule is CC(C)(C)c1ccc(C(=O)NCCC(=O)NC2CC3CCC(C2)N3)cc1. The molecule has 2 bridgehead atoms. The Bertz CT molecular complexity index is 636. The molecule has 0 saturated carbocycles. The van der Waals surface area contributed by atoms with Crippen molar-refractivity contribution in [2.24, 2.45) is 0 Å². The summed E-state index contributed by atoms with van der Waals surface area (Å²) in [7, 11) is 0. The van der Waals surface area contributed by atoms with Crippen molar-refractivity contribution in [3.8, 4) is 0 Å². The molecule has 5 heteroatoms. The van der Waals surface area contributed by atoms with E-state index in [-0.39, 0.29) is 23.3 Å². The molecular formula is C21H31N3O2. The van der Waals surface area contributed by atoms with Gasteiger partial charge in [-0.2, -0.15) is 0 Å². The molecule has 0 spiro atoms. The summed E-state index contributed by atoms with van der Waals surface area (Å²) in [4.78, 5) is 24.4. The van der Waals surface area contributed by atoms with Gasteiger partial charge < -0.3 is 16.0 Å². The van der Waals surface area contributed by atoms with Gasteiger partial charge in [0.1, 0.15) is 0 Å². The second-order valence-electron chi connectivity index (χ2n) is 8.71. The molecule has 2 amide bonds. The zero-order chi connectivity index (χ0) is 18.7. The van der Waals surface area contributed by atoms with Gasteiger partial charge in [-0.15, -0.1) is 0 Å². The first-order chi connectivity index (χ1) is 12.3. The lowest BCUT2D eigenvalue weighted by Crippen LogP contribution is -2.48. The van der Waals surface area contributed by atoms with Gasteiger partial charge in [-0.25, -0.2) is 0 Å². The summed E-state index contributed by atoms with van der Waals surface area (Å²) in [6.07, 6.45) is 4.82. The molecule has 2 aliphatic rings. The van der Waals surface area contributed by atoms with Crippen LogP contribution in [0.4, 0.5) is 0 Å². The van der Waals surface area contributed by atoms with Gasteiger partial charge in [0.2, 0.25) is 5.91 Å². The van der Waals surface area contributed by atoms with Crippen LogP contribution in [0.25, 0.3) is 0 Å². The van der Waals surface area contributed by atoms with E-state index in [2.05, 4.69) is 36.7 Å². The van der Waals surface area contributed by atoms with E-state index in [1.54, 1.807) is 0 Å². The predicted octanol–water partition coefficient (Wildman–Crippen LogP) is 2.50. The van der Waals surface area contributed by atoms with Crippen LogP contribution in [-0.4, -0.2) is 36.5 Å². The van der Waals surface area contributed by atoms with Crippen molar-refractivity contribution in [1.29, 1.82) is 0 Å². The number of rotatable bonds is 5. The first-order valence-corrected chi connectivity index (χ1v) is 9.75. The molecule has 0 radical (unpaired) electrons. The second-order valence-corrected chi connectivity index (χ2v) is 8.71. The van der Waals surface area contributed by atoms with Gasteiger partial charge >= 0.3 is 0 Å². The summed E-state index contributed by atoms with van der Waals surface area (Å²) in [6, 6.07) is 9.09. The number of hydrogen-bond acceptors (Lipinski definition) is 3. The number of nitrogens with one attached hydrogen (secondary N) is 3. The largest absolute Gasteiger partial charge is 0.353 e. The van der Waals surface area contributed by atoms with Crippen LogP contribution < -0.4 is 16.0 Å². The number of piperidine rings is 1. The average molecular weight is 357 g/mol. The first-order valence-electron chi connectivity index (χ1n) is 9.75. The number of carbonyl (C=O) groups is 2. The Morgan fingerprint density at radius 3 is 2.27 bits per heavy atom. The number of carbonyl (C=O) groups excluding carboxylic acids is 2. The predicted molar refractivity (Wildman–Crippen MR) is 103 cm³/mol. The quantitative estimate of drug-likeness (QED) is 0.758. The van der Waals surface area contributed by atoms with Crippen molar-refractivity contribution >= 4 is 11.8 Å². The van der Waals surface area contributed by atoms with E-state index in [1.807, 2.05) is 24.3 Å². The maximum absolute atomic E-state index is 12.2. The molecule has 3 N–H and O–H groups in total. The van der Waals surface area contributed by atoms with Crippen molar-refractivity contribution < 1.29 is 9.59 Å². The average Bonchev–Trinajstić information content (AvgIpc) is 2.92. The molecule has 2 aliphatic heterocycles. The van der Waals surface area contributed by atoms with Crippen molar-refractivity contribution in [3.05, 3.63) is 35.4 Å². The molecule has 0 aromatic heterocycles. The smallest absolute Gasteiger partial charge is 0.251 e. The Morgan fingerprint density at radius 1 is 1.08 bits per heavy atom. The minimum atomic E-state index is -0.127. The van der Waals surface area contributed by atoms with E-state index in [0.717, 1.165) is 12.8 Å². The summed E-state index contributed by atoms with van der Waals surface area (Å²) in [5, 5.41) is 9.54. The third-order valence-electron chi connectivity index (χ3n) is 5.49. The summed E-state index contributed by atoms with van der Waals surface area (Å²) < 4.78 is 0. The van der Waals surface area contributed by atoms with Gasteiger partial charge in [0.25, 0.3) is 5.91 Å². The zero-order valence-corrected chi connectivity index (χ0v) is 16.1. The molecular weight excluding hydrogens is 326 g/mol. The Hall–Kier alpha value is -1.88. The van der Waals surface area contributed by atoms with E-state index in [9.17, 15) is 9.59 Å². The van der Waals surface area contributed by atoms with Gasteiger partial charge in [0, 0.05) is 36.7 Å². The molecule has 1 aromatic rings. The van der Waals surface area contributed by atoms with Gasteiger partial charge in [-0.3, -0.25) is 9.59 Å². The second kappa shape index (κ2) is 7.78. The fourth-order valence-corrected chi connectivity index (χ4v) is 3.99. The molecule has 2 fully saturated rings. The Labute approximate surface area is 156 Å². The van der Waals surface area contributed by atoms with Crippen LogP contribution in [0.2, 0.25) is 0 Å². The van der Waals surface area contributed by atoms with Crippen molar-refractivity contribution in [3.63, 3.8) is 0 Å². The molecule has 2 atom stereocenters. The minimum Gasteiger partial charge on any atom is -0.353 e. The first kappa shape index (κ1) is 18.9. The van der Waals surface area contributed by atoms with Crippen LogP contribution in [-0.2, 0) is 10.2 Å². The third kappa shape index (κ3) is 4.85. The lowest BCUT2D eigenvalue weighted by Gasteiger charge is -2.29. The fraction of sp³-hybridized carbons (Fsp3) is 0.619. The molecule has 2 saturated heterocycles. The van der Waals surface area contributed by atoms with E-state index < -0.39 is 0 Å². The van der Waals surface area contributed by atoms with E-state index in [0.29, 0.717) is 30.6 Å². The number of amides is 2. The van der Waals surface area contributed by atoms with Crippen LogP contribution in [0, 0.1) is 0 Å². The number of hydrogen-bond donors (Lipinski definition) is 3. The van der Waals surface area contributed by atoms with Crippen LogP contribution in [0.5, 0.6) is 0 Å². The Balaban J connectivity index is 1.40. The minimum absolute atomic E-state index is 0.0275. The van der Waals surface area contributed by atoms with E-state index in [1.165, 1.54) is 18.4 Å². The van der Waals surface area contributed by atoms with E-state index >= 15 is 0 Å². The van der Waals surface area contributed by atoms with Crippen molar-refractivity contribution in [2.45, 2.75) is 76.4 Å². The summed E-state index contributed by atoms with van der Waals surface area (Å²) >= 11 is 0. The Kier molecular flexibility index (Phi) is 5.66. The number of fused-ring (bicyclic) bond motifs is 2. The standard InChI is InChI=1S/C21H31N3O2/c1-21(2,3)15-6-4-14(5-7-15)20(26)22-11-10-19(25)24-18-12-16-8-9-17(13-18)23-16/h4-7,16-18,23H,8-13H2,1-3H3,(H,22,26)(H,24,25). The van der Waals surface area contributed by atoms with Crippen molar-refractivity contribution in [2.75, 3.05) is 6.54 Å². The monoisotopic (exact) mass is 357 g/mol. The lowest BCUT2D eigenvalue weighted by molar-refractivity contribution is -0.121. The molecule has 2 unspecified atom stereocenters.